The number of hydrogen-bond donors (Lipinski definition) is 2. The number of nitrogen functional groups attached to an aromatic ring is 1. The van der Waals surface area contributed by atoms with Crippen molar-refractivity contribution in [2.75, 3.05) is 12.3 Å². The highest BCUT2D eigenvalue weighted by Crippen LogP contribution is 2.33. The van der Waals surface area contributed by atoms with E-state index < -0.39 is 0 Å². The van der Waals surface area contributed by atoms with Crippen LogP contribution in [0.25, 0.3) is 0 Å². The van der Waals surface area contributed by atoms with Crippen LogP contribution in [0.4, 0.5) is 5.82 Å². The van der Waals surface area contributed by atoms with Gasteiger partial charge in [0.25, 0.3) is 5.91 Å². The Hall–Kier alpha value is -1.82. The first-order chi connectivity index (χ1) is 8.68. The summed E-state index contributed by atoms with van der Waals surface area (Å²) < 4.78 is 0. The fourth-order valence-corrected chi connectivity index (χ4v) is 3.37. The van der Waals surface area contributed by atoms with Crippen molar-refractivity contribution in [1.29, 1.82) is 0 Å². The second-order valence-corrected chi connectivity index (χ2v) is 5.42. The van der Waals surface area contributed by atoms with E-state index in [1.807, 2.05) is 4.90 Å². The molecule has 3 heterocycles. The van der Waals surface area contributed by atoms with Gasteiger partial charge in [-0.1, -0.05) is 0 Å². The van der Waals surface area contributed by atoms with Crippen molar-refractivity contribution in [3.8, 4) is 0 Å². The Morgan fingerprint density at radius 1 is 1.67 bits per heavy atom. The maximum Gasteiger partial charge on any atom is 0.259 e. The Kier molecular flexibility index (Phi) is 2.59. The molecule has 1 aliphatic heterocycles. The van der Waals surface area contributed by atoms with Gasteiger partial charge in [-0.2, -0.15) is 5.10 Å². The van der Waals surface area contributed by atoms with Gasteiger partial charge in [0.2, 0.25) is 0 Å². The maximum atomic E-state index is 12.4. The quantitative estimate of drug-likeness (QED) is 0.823. The number of nitrogens with two attached hydrogens (primary N) is 1. The zero-order chi connectivity index (χ0) is 12.7. The highest BCUT2D eigenvalue weighted by molar-refractivity contribution is 7.10. The van der Waals surface area contributed by atoms with Crippen molar-refractivity contribution >= 4 is 23.1 Å². The largest absolute Gasteiger partial charge is 0.383 e. The van der Waals surface area contributed by atoms with Gasteiger partial charge in [-0.05, 0) is 30.4 Å². The molecule has 2 aromatic heterocycles. The molecule has 2 aromatic rings. The molecule has 0 radical (unpaired) electrons. The van der Waals surface area contributed by atoms with Crippen molar-refractivity contribution in [3.05, 3.63) is 33.6 Å². The smallest absolute Gasteiger partial charge is 0.259 e. The van der Waals surface area contributed by atoms with E-state index in [9.17, 15) is 4.79 Å². The zero-order valence-electron chi connectivity index (χ0n) is 10.0. The normalized spacial score (nSPS) is 18.7. The number of aromatic nitrogens is 2. The number of H-pyrrole nitrogens is 1. The number of carbonyl (C=O) groups excluding carboxylic acids is 1. The van der Waals surface area contributed by atoms with Crippen molar-refractivity contribution in [3.63, 3.8) is 0 Å². The first kappa shape index (κ1) is 11.3. The molecule has 1 unspecified atom stereocenters. The summed E-state index contributed by atoms with van der Waals surface area (Å²) in [5.74, 6) is 0.286. The molecule has 0 saturated heterocycles. The van der Waals surface area contributed by atoms with Gasteiger partial charge in [0, 0.05) is 11.4 Å². The van der Waals surface area contributed by atoms with E-state index in [0.29, 0.717) is 11.4 Å². The van der Waals surface area contributed by atoms with Gasteiger partial charge in [0.15, 0.2) is 0 Å². The van der Waals surface area contributed by atoms with Gasteiger partial charge in [-0.15, -0.1) is 11.3 Å². The third-order valence-electron chi connectivity index (χ3n) is 3.44. The monoisotopic (exact) mass is 262 g/mol. The SMILES string of the molecule is CC1c2ccsc2CCN1C(=O)c1cn[nH]c1N. The van der Waals surface area contributed by atoms with Crippen molar-refractivity contribution < 1.29 is 4.79 Å². The van der Waals surface area contributed by atoms with Crippen LogP contribution in [0.3, 0.4) is 0 Å². The standard InChI is InChI=1S/C12H14N4OS/c1-7-8-3-5-18-10(8)2-4-16(7)12(17)9-6-14-15-11(9)13/h3,5-7H,2,4H2,1H3,(H3,13,14,15). The maximum absolute atomic E-state index is 12.4. The van der Waals surface area contributed by atoms with Gasteiger partial charge in [0.05, 0.1) is 12.2 Å². The van der Waals surface area contributed by atoms with Crippen LogP contribution < -0.4 is 5.73 Å². The van der Waals surface area contributed by atoms with Gasteiger partial charge >= 0.3 is 0 Å². The summed E-state index contributed by atoms with van der Waals surface area (Å²) in [7, 11) is 0. The van der Waals surface area contributed by atoms with Gasteiger partial charge in [0.1, 0.15) is 11.4 Å². The van der Waals surface area contributed by atoms with Gasteiger partial charge in [-0.3, -0.25) is 9.89 Å². The number of aromatic amines is 1. The lowest BCUT2D eigenvalue weighted by Gasteiger charge is -2.33. The van der Waals surface area contributed by atoms with Crippen LogP contribution in [0, 0.1) is 0 Å². The van der Waals surface area contributed by atoms with Crippen LogP contribution in [0.2, 0.25) is 0 Å². The number of fused-ring (bicyclic) bond motifs is 1. The fraction of sp³-hybridized carbons (Fsp3) is 0.333. The van der Waals surface area contributed by atoms with Gasteiger partial charge in [-0.25, -0.2) is 0 Å². The number of thiophene rings is 1. The fourth-order valence-electron chi connectivity index (χ4n) is 2.41. The third-order valence-corrected chi connectivity index (χ3v) is 4.43. The van der Waals surface area contributed by atoms with Crippen LogP contribution in [0.15, 0.2) is 17.6 Å². The van der Waals surface area contributed by atoms with Crippen LogP contribution in [0.1, 0.15) is 33.8 Å². The van der Waals surface area contributed by atoms with Crippen LogP contribution >= 0.6 is 11.3 Å². The molecule has 3 rings (SSSR count). The minimum atomic E-state index is -0.0504. The van der Waals surface area contributed by atoms with E-state index >= 15 is 0 Å². The van der Waals surface area contributed by atoms with Crippen molar-refractivity contribution in [1.82, 2.24) is 15.1 Å². The van der Waals surface area contributed by atoms with Crippen LogP contribution in [-0.4, -0.2) is 27.5 Å². The number of hydrogen-bond acceptors (Lipinski definition) is 4. The molecular formula is C12H14N4OS. The van der Waals surface area contributed by atoms with Gasteiger partial charge < -0.3 is 10.6 Å². The summed E-state index contributed by atoms with van der Waals surface area (Å²) >= 11 is 1.76. The Balaban J connectivity index is 1.91. The lowest BCUT2D eigenvalue weighted by molar-refractivity contribution is 0.0680. The summed E-state index contributed by atoms with van der Waals surface area (Å²) in [5, 5.41) is 8.49. The molecule has 0 spiro atoms. The van der Waals surface area contributed by atoms with E-state index in [0.717, 1.165) is 13.0 Å². The van der Waals surface area contributed by atoms with E-state index in [1.54, 1.807) is 11.3 Å². The molecule has 1 atom stereocenters. The molecule has 0 aliphatic carbocycles. The lowest BCUT2D eigenvalue weighted by atomic mass is 10.0. The topological polar surface area (TPSA) is 75.0 Å². The van der Waals surface area contributed by atoms with E-state index in [4.69, 9.17) is 5.73 Å². The molecule has 1 amide bonds. The Morgan fingerprint density at radius 2 is 2.50 bits per heavy atom. The molecule has 6 heteroatoms. The molecule has 0 aromatic carbocycles. The van der Waals surface area contributed by atoms with Crippen LogP contribution in [0.5, 0.6) is 0 Å². The first-order valence-corrected chi connectivity index (χ1v) is 6.72. The first-order valence-electron chi connectivity index (χ1n) is 5.84. The zero-order valence-corrected chi connectivity index (χ0v) is 10.8. The average Bonchev–Trinajstić information content (AvgIpc) is 2.97. The Labute approximate surface area is 109 Å². The number of amides is 1. The summed E-state index contributed by atoms with van der Waals surface area (Å²) in [5.41, 5.74) is 7.42. The predicted octanol–water partition coefficient (Wildman–Crippen LogP) is 1.81. The summed E-state index contributed by atoms with van der Waals surface area (Å²) in [6.45, 7) is 2.79. The minimum Gasteiger partial charge on any atom is -0.383 e. The summed E-state index contributed by atoms with van der Waals surface area (Å²) in [6, 6.07) is 2.20. The molecule has 5 nitrogen and oxygen atoms in total. The Bertz CT molecular complexity index is 588. The summed E-state index contributed by atoms with van der Waals surface area (Å²) in [6.07, 6.45) is 2.41. The average molecular weight is 262 g/mol. The van der Waals surface area contributed by atoms with Crippen molar-refractivity contribution in [2.24, 2.45) is 0 Å². The number of nitrogens with one attached hydrogen (secondary N) is 1. The molecule has 0 saturated carbocycles. The highest BCUT2D eigenvalue weighted by Gasteiger charge is 2.30. The second-order valence-electron chi connectivity index (χ2n) is 4.42. The second kappa shape index (κ2) is 4.13. The third kappa shape index (κ3) is 1.60. The Morgan fingerprint density at radius 3 is 3.22 bits per heavy atom. The van der Waals surface area contributed by atoms with E-state index in [-0.39, 0.29) is 11.9 Å². The molecule has 94 valence electrons. The lowest BCUT2D eigenvalue weighted by Crippen LogP contribution is -2.38. The number of rotatable bonds is 1. The summed E-state index contributed by atoms with van der Waals surface area (Å²) in [4.78, 5) is 15.7. The van der Waals surface area contributed by atoms with Crippen molar-refractivity contribution in [2.45, 2.75) is 19.4 Å². The highest BCUT2D eigenvalue weighted by atomic mass is 32.1. The minimum absolute atomic E-state index is 0.0504. The van der Waals surface area contributed by atoms with E-state index in [1.165, 1.54) is 16.6 Å². The number of carbonyl (C=O) groups is 1. The number of nitrogens with zero attached hydrogens (tertiary/aromatic N) is 2. The molecule has 0 bridgehead atoms. The molecule has 3 N–H and O–H groups in total. The van der Waals surface area contributed by atoms with Crippen LogP contribution in [-0.2, 0) is 6.42 Å². The number of anilines is 1. The molecular weight excluding hydrogens is 248 g/mol. The predicted molar refractivity (Wildman–Crippen MR) is 70.5 cm³/mol. The molecule has 1 aliphatic rings. The molecule has 0 fully saturated rings. The molecule has 18 heavy (non-hydrogen) atoms. The van der Waals surface area contributed by atoms with E-state index in [2.05, 4.69) is 28.6 Å².